The lowest BCUT2D eigenvalue weighted by atomic mass is 9.84. The average molecular weight is 403 g/mol. The molecule has 2 fully saturated rings. The van der Waals surface area contributed by atoms with Gasteiger partial charge in [-0.15, -0.1) is 0 Å². The summed E-state index contributed by atoms with van der Waals surface area (Å²) in [7, 11) is 0. The molecule has 1 N–H and O–H groups in total. The molecule has 5 nitrogen and oxygen atoms in total. The van der Waals surface area contributed by atoms with Crippen LogP contribution in [-0.4, -0.2) is 51.7 Å². The summed E-state index contributed by atoms with van der Waals surface area (Å²) in [6, 6.07) is 8.03. The summed E-state index contributed by atoms with van der Waals surface area (Å²) >= 11 is 5.93. The summed E-state index contributed by atoms with van der Waals surface area (Å²) < 4.78 is 13.3. The molecule has 3 aliphatic heterocycles. The van der Waals surface area contributed by atoms with E-state index in [2.05, 4.69) is 14.8 Å². The second-order valence-corrected chi connectivity index (χ2v) is 8.47. The molecule has 5 rings (SSSR count). The number of piperidine rings is 1. The number of hydrogen-bond acceptors (Lipinski definition) is 5. The number of alkyl halides is 1. The van der Waals surface area contributed by atoms with Gasteiger partial charge in [0.1, 0.15) is 12.8 Å². The van der Waals surface area contributed by atoms with Gasteiger partial charge >= 0.3 is 0 Å². The van der Waals surface area contributed by atoms with E-state index in [4.69, 9.17) is 16.6 Å². The molecule has 0 aliphatic carbocycles. The number of rotatable bonds is 4. The van der Waals surface area contributed by atoms with Crippen molar-refractivity contribution in [1.82, 2.24) is 14.9 Å². The summed E-state index contributed by atoms with van der Waals surface area (Å²) in [5, 5.41) is 11.4. The number of nitrogens with zero attached hydrogens (tertiary/aromatic N) is 4. The van der Waals surface area contributed by atoms with Crippen LogP contribution >= 0.6 is 11.6 Å². The quantitative estimate of drug-likeness (QED) is 0.848. The van der Waals surface area contributed by atoms with Gasteiger partial charge in [-0.25, -0.2) is 4.39 Å². The van der Waals surface area contributed by atoms with E-state index in [1.165, 1.54) is 6.42 Å². The maximum atomic E-state index is 13.3. The predicted octanol–water partition coefficient (Wildman–Crippen LogP) is 3.47. The Labute approximate surface area is 169 Å². The highest BCUT2D eigenvalue weighted by molar-refractivity contribution is 6.30. The van der Waals surface area contributed by atoms with Gasteiger partial charge in [-0.05, 0) is 50.1 Å². The van der Waals surface area contributed by atoms with Crippen molar-refractivity contribution in [2.24, 2.45) is 0 Å². The van der Waals surface area contributed by atoms with Crippen LogP contribution in [0.2, 0.25) is 5.02 Å². The van der Waals surface area contributed by atoms with Crippen LogP contribution in [0.5, 0.6) is 0 Å². The summed E-state index contributed by atoms with van der Waals surface area (Å²) in [4.78, 5) is 13.8. The largest absolute Gasteiger partial charge is 0.385 e. The summed E-state index contributed by atoms with van der Waals surface area (Å²) in [5.74, 6) is 0.281. The van der Waals surface area contributed by atoms with Gasteiger partial charge in [0.2, 0.25) is 0 Å². The first kappa shape index (κ1) is 18.3. The molecule has 0 bridgehead atoms. The van der Waals surface area contributed by atoms with Gasteiger partial charge in [0.05, 0.1) is 27.8 Å². The SMILES string of the molecule is OC(CN1c2ccc(CF)nc2C2C3CCCN3CCC21)c1ccc(Cl)cn1. The Bertz CT molecular complexity index is 864. The molecule has 4 unspecified atom stereocenters. The smallest absolute Gasteiger partial charge is 0.131 e. The lowest BCUT2D eigenvalue weighted by Gasteiger charge is -2.42. The van der Waals surface area contributed by atoms with Crippen molar-refractivity contribution in [3.63, 3.8) is 0 Å². The second kappa shape index (κ2) is 7.25. The highest BCUT2D eigenvalue weighted by Crippen LogP contribution is 2.49. The van der Waals surface area contributed by atoms with Crippen LogP contribution in [-0.2, 0) is 6.67 Å². The number of hydrogen-bond donors (Lipinski definition) is 1. The van der Waals surface area contributed by atoms with Crippen molar-refractivity contribution in [2.75, 3.05) is 24.5 Å². The van der Waals surface area contributed by atoms with E-state index < -0.39 is 12.8 Å². The summed E-state index contributed by atoms with van der Waals surface area (Å²) in [6.07, 6.45) is 4.25. The van der Waals surface area contributed by atoms with Crippen LogP contribution < -0.4 is 4.90 Å². The molecule has 0 amide bonds. The number of β-amino-alcohol motifs (C(OH)–C–C–N with tert-alkyl or cyclic N) is 1. The zero-order chi connectivity index (χ0) is 19.3. The number of fused-ring (bicyclic) bond motifs is 5. The van der Waals surface area contributed by atoms with Gasteiger partial charge in [-0.1, -0.05) is 11.6 Å². The van der Waals surface area contributed by atoms with Crippen molar-refractivity contribution in [3.8, 4) is 0 Å². The molecule has 0 aromatic carbocycles. The minimum atomic E-state index is -0.716. The van der Waals surface area contributed by atoms with E-state index in [1.807, 2.05) is 6.07 Å². The Hall–Kier alpha value is -1.76. The molecule has 28 heavy (non-hydrogen) atoms. The number of anilines is 1. The third-order valence-electron chi connectivity index (χ3n) is 6.54. The van der Waals surface area contributed by atoms with Crippen molar-refractivity contribution >= 4 is 17.3 Å². The first-order valence-corrected chi connectivity index (χ1v) is 10.4. The molecule has 5 heterocycles. The normalized spacial score (nSPS) is 27.4. The molecule has 148 valence electrons. The van der Waals surface area contributed by atoms with Gasteiger partial charge < -0.3 is 10.0 Å². The molecular weight excluding hydrogens is 379 g/mol. The fourth-order valence-electron chi connectivity index (χ4n) is 5.33. The lowest BCUT2D eigenvalue weighted by molar-refractivity contribution is 0.142. The Kier molecular flexibility index (Phi) is 4.73. The first-order chi connectivity index (χ1) is 13.7. The van der Waals surface area contributed by atoms with E-state index in [-0.39, 0.29) is 5.92 Å². The van der Waals surface area contributed by atoms with Gasteiger partial charge in [0, 0.05) is 37.3 Å². The maximum absolute atomic E-state index is 13.3. The third-order valence-corrected chi connectivity index (χ3v) is 6.76. The zero-order valence-electron chi connectivity index (χ0n) is 15.6. The number of aliphatic hydroxyl groups excluding tert-OH is 1. The van der Waals surface area contributed by atoms with E-state index in [0.29, 0.717) is 35.0 Å². The molecule has 2 saturated heterocycles. The Balaban J connectivity index is 1.49. The molecular formula is C21H24ClFN4O. The molecule has 0 saturated carbocycles. The topological polar surface area (TPSA) is 52.5 Å². The van der Waals surface area contributed by atoms with E-state index in [9.17, 15) is 9.50 Å². The Morgan fingerprint density at radius 2 is 2.07 bits per heavy atom. The molecule has 2 aromatic rings. The third kappa shape index (κ3) is 2.98. The summed E-state index contributed by atoms with van der Waals surface area (Å²) in [6.45, 7) is 2.12. The van der Waals surface area contributed by atoms with Crippen LogP contribution in [0.15, 0.2) is 30.5 Å². The fraction of sp³-hybridized carbons (Fsp3) is 0.524. The lowest BCUT2D eigenvalue weighted by Crippen LogP contribution is -2.50. The standard InChI is InChI=1S/C21H24ClFN4O/c22-13-3-5-15(24-11-13)19(28)12-27-17-7-9-26-8-1-2-16(26)20(17)21-18(27)6-4-14(10-23)25-21/h3-6,11,16-17,19-20,28H,1-2,7-10,12H2. The molecule has 0 spiro atoms. The summed E-state index contributed by atoms with van der Waals surface area (Å²) in [5.41, 5.74) is 3.15. The fourth-order valence-corrected chi connectivity index (χ4v) is 5.45. The van der Waals surface area contributed by atoms with Gasteiger partial charge in [0.25, 0.3) is 0 Å². The minimum absolute atomic E-state index is 0.281. The second-order valence-electron chi connectivity index (χ2n) is 8.04. The number of pyridine rings is 2. The zero-order valence-corrected chi connectivity index (χ0v) is 16.4. The number of halogens is 2. The van der Waals surface area contributed by atoms with Gasteiger partial charge in [-0.2, -0.15) is 0 Å². The maximum Gasteiger partial charge on any atom is 0.131 e. The number of aliphatic hydroxyl groups is 1. The van der Waals surface area contributed by atoms with Crippen LogP contribution in [0.25, 0.3) is 0 Å². The van der Waals surface area contributed by atoms with Gasteiger partial charge in [0.15, 0.2) is 0 Å². The predicted molar refractivity (Wildman–Crippen MR) is 106 cm³/mol. The molecule has 4 atom stereocenters. The van der Waals surface area contributed by atoms with Crippen molar-refractivity contribution in [1.29, 1.82) is 0 Å². The highest BCUT2D eigenvalue weighted by Gasteiger charge is 2.49. The van der Waals surface area contributed by atoms with Crippen LogP contribution in [0.3, 0.4) is 0 Å². The Morgan fingerprint density at radius 1 is 1.18 bits per heavy atom. The minimum Gasteiger partial charge on any atom is -0.385 e. The monoisotopic (exact) mass is 402 g/mol. The molecule has 0 radical (unpaired) electrons. The van der Waals surface area contributed by atoms with E-state index in [1.54, 1.807) is 24.4 Å². The Morgan fingerprint density at radius 3 is 2.86 bits per heavy atom. The van der Waals surface area contributed by atoms with Crippen molar-refractivity contribution < 1.29 is 9.50 Å². The van der Waals surface area contributed by atoms with Crippen LogP contribution in [0.4, 0.5) is 10.1 Å². The average Bonchev–Trinajstić information content (AvgIpc) is 3.31. The first-order valence-electron chi connectivity index (χ1n) is 10.0. The van der Waals surface area contributed by atoms with Crippen molar-refractivity contribution in [2.45, 2.75) is 50.0 Å². The molecule has 3 aliphatic rings. The number of aromatic nitrogens is 2. The van der Waals surface area contributed by atoms with Crippen LogP contribution in [0.1, 0.15) is 48.4 Å². The van der Waals surface area contributed by atoms with E-state index in [0.717, 1.165) is 37.3 Å². The molecule has 2 aromatic heterocycles. The van der Waals surface area contributed by atoms with Crippen LogP contribution in [0, 0.1) is 0 Å². The van der Waals surface area contributed by atoms with Crippen molar-refractivity contribution in [3.05, 3.63) is 52.6 Å². The van der Waals surface area contributed by atoms with E-state index >= 15 is 0 Å². The van der Waals surface area contributed by atoms with Gasteiger partial charge in [-0.3, -0.25) is 14.9 Å². The molecule has 7 heteroatoms. The highest BCUT2D eigenvalue weighted by atomic mass is 35.5.